The second kappa shape index (κ2) is 9.28. The van der Waals surface area contributed by atoms with Crippen molar-refractivity contribution in [2.24, 2.45) is 0 Å². The summed E-state index contributed by atoms with van der Waals surface area (Å²) in [5.74, 6) is 1.72. The maximum atomic E-state index is 6.59. The van der Waals surface area contributed by atoms with E-state index in [4.69, 9.17) is 21.3 Å². The summed E-state index contributed by atoms with van der Waals surface area (Å²) in [5.41, 5.74) is 3.36. The zero-order valence-corrected chi connectivity index (χ0v) is 19.0. The third kappa shape index (κ3) is 4.65. The molecular weight excluding hydrogens is 412 g/mol. The fraction of sp³-hybridized carbons (Fsp3) is 0.565. The lowest BCUT2D eigenvalue weighted by molar-refractivity contribution is 0.0392. The van der Waals surface area contributed by atoms with E-state index in [-0.39, 0.29) is 0 Å². The van der Waals surface area contributed by atoms with Gasteiger partial charge in [-0.3, -0.25) is 4.90 Å². The van der Waals surface area contributed by atoms with Crippen LogP contribution in [-0.4, -0.2) is 98.9 Å². The van der Waals surface area contributed by atoms with E-state index in [2.05, 4.69) is 55.9 Å². The Kier molecular flexibility index (Phi) is 6.27. The fourth-order valence-corrected chi connectivity index (χ4v) is 4.85. The lowest BCUT2D eigenvalue weighted by atomic mass is 10.1. The Hall–Kier alpha value is -1.93. The van der Waals surface area contributed by atoms with Gasteiger partial charge in [-0.15, -0.1) is 0 Å². The van der Waals surface area contributed by atoms with Crippen molar-refractivity contribution in [1.29, 1.82) is 0 Å². The summed E-state index contributed by atoms with van der Waals surface area (Å²) in [7, 11) is 2.18. The Bertz CT molecular complexity index is 894. The van der Waals surface area contributed by atoms with Crippen LogP contribution in [-0.2, 0) is 11.2 Å². The van der Waals surface area contributed by atoms with Gasteiger partial charge in [-0.1, -0.05) is 11.6 Å². The first-order chi connectivity index (χ1) is 15.2. The maximum Gasteiger partial charge on any atom is 0.163 e. The Morgan fingerprint density at radius 1 is 0.903 bits per heavy atom. The number of hydrogen-bond donors (Lipinski definition) is 0. The van der Waals surface area contributed by atoms with Crippen molar-refractivity contribution in [2.75, 3.05) is 89.0 Å². The molecule has 8 heteroatoms. The molecule has 5 rings (SSSR count). The SMILES string of the molecule is CN1CCN(c2ccc(-c3nc(Cl)c4c(n3)N(CCN3CCOCC3)CC4)cc2)CC1. The van der Waals surface area contributed by atoms with Crippen molar-refractivity contribution in [1.82, 2.24) is 19.8 Å². The van der Waals surface area contributed by atoms with Crippen LogP contribution in [0.2, 0.25) is 5.15 Å². The number of piperazine rings is 1. The molecule has 2 saturated heterocycles. The van der Waals surface area contributed by atoms with Crippen LogP contribution in [0.25, 0.3) is 11.4 Å². The molecular formula is C23H31ClN6O. The number of likely N-dealkylation sites (N-methyl/N-ethyl adjacent to an activating group) is 1. The van der Waals surface area contributed by atoms with Crippen LogP contribution in [0.1, 0.15) is 5.56 Å². The van der Waals surface area contributed by atoms with Crippen molar-refractivity contribution in [3.63, 3.8) is 0 Å². The predicted molar refractivity (Wildman–Crippen MR) is 125 cm³/mol. The van der Waals surface area contributed by atoms with Crippen molar-refractivity contribution < 1.29 is 4.74 Å². The predicted octanol–water partition coefficient (Wildman–Crippen LogP) is 2.24. The van der Waals surface area contributed by atoms with Gasteiger partial charge in [-0.05, 0) is 37.7 Å². The standard InChI is InChI=1S/C23H31ClN6O/c1-27-8-11-29(12-9-27)19-4-2-18(3-5-19)22-25-21(24)20-6-7-30(23(20)26-22)13-10-28-14-16-31-17-15-28/h2-5H,6-17H2,1H3. The topological polar surface area (TPSA) is 48.0 Å². The highest BCUT2D eigenvalue weighted by Crippen LogP contribution is 2.33. The Morgan fingerprint density at radius 2 is 1.65 bits per heavy atom. The summed E-state index contributed by atoms with van der Waals surface area (Å²) in [4.78, 5) is 19.2. The molecule has 31 heavy (non-hydrogen) atoms. The molecule has 166 valence electrons. The van der Waals surface area contributed by atoms with Gasteiger partial charge in [0.2, 0.25) is 0 Å². The highest BCUT2D eigenvalue weighted by molar-refractivity contribution is 6.30. The highest BCUT2D eigenvalue weighted by atomic mass is 35.5. The average Bonchev–Trinajstić information content (AvgIpc) is 3.23. The molecule has 4 heterocycles. The Morgan fingerprint density at radius 3 is 2.39 bits per heavy atom. The van der Waals surface area contributed by atoms with Gasteiger partial charge >= 0.3 is 0 Å². The van der Waals surface area contributed by atoms with E-state index in [1.54, 1.807) is 0 Å². The average molecular weight is 443 g/mol. The monoisotopic (exact) mass is 442 g/mol. The van der Waals surface area contributed by atoms with Gasteiger partial charge in [0, 0.05) is 75.7 Å². The molecule has 0 aliphatic carbocycles. The first kappa shape index (κ1) is 20.9. The van der Waals surface area contributed by atoms with Crippen molar-refractivity contribution in [3.8, 4) is 11.4 Å². The second-order valence-electron chi connectivity index (χ2n) is 8.67. The summed E-state index contributed by atoms with van der Waals surface area (Å²) in [6.45, 7) is 11.0. The molecule has 0 N–H and O–H groups in total. The van der Waals surface area contributed by atoms with Gasteiger partial charge in [0.25, 0.3) is 0 Å². The zero-order chi connectivity index (χ0) is 21.2. The number of nitrogens with zero attached hydrogens (tertiary/aromatic N) is 6. The molecule has 1 aromatic carbocycles. The maximum absolute atomic E-state index is 6.59. The van der Waals surface area contributed by atoms with E-state index in [1.807, 2.05) is 0 Å². The summed E-state index contributed by atoms with van der Waals surface area (Å²) in [6.07, 6.45) is 0.917. The summed E-state index contributed by atoms with van der Waals surface area (Å²) >= 11 is 6.59. The van der Waals surface area contributed by atoms with Gasteiger partial charge in [0.15, 0.2) is 5.82 Å². The molecule has 0 spiro atoms. The summed E-state index contributed by atoms with van der Waals surface area (Å²) in [5, 5.41) is 0.594. The number of fused-ring (bicyclic) bond motifs is 1. The first-order valence-corrected chi connectivity index (χ1v) is 11.7. The lowest BCUT2D eigenvalue weighted by Crippen LogP contribution is -2.44. The number of rotatable bonds is 5. The minimum absolute atomic E-state index is 0.594. The minimum Gasteiger partial charge on any atom is -0.379 e. The normalized spacial score (nSPS) is 20.3. The summed E-state index contributed by atoms with van der Waals surface area (Å²) in [6, 6.07) is 8.61. The van der Waals surface area contributed by atoms with Crippen LogP contribution in [0.4, 0.5) is 11.5 Å². The van der Waals surface area contributed by atoms with E-state index in [0.29, 0.717) is 11.0 Å². The zero-order valence-electron chi connectivity index (χ0n) is 18.3. The second-order valence-corrected chi connectivity index (χ2v) is 9.03. The Balaban J connectivity index is 1.31. The molecule has 0 amide bonds. The van der Waals surface area contributed by atoms with E-state index >= 15 is 0 Å². The van der Waals surface area contributed by atoms with Crippen LogP contribution in [0.5, 0.6) is 0 Å². The molecule has 0 atom stereocenters. The molecule has 3 aliphatic rings. The first-order valence-electron chi connectivity index (χ1n) is 11.3. The van der Waals surface area contributed by atoms with E-state index < -0.39 is 0 Å². The quantitative estimate of drug-likeness (QED) is 0.658. The van der Waals surface area contributed by atoms with Crippen LogP contribution in [0.15, 0.2) is 24.3 Å². The van der Waals surface area contributed by atoms with Crippen molar-refractivity contribution in [3.05, 3.63) is 35.0 Å². The van der Waals surface area contributed by atoms with Gasteiger partial charge < -0.3 is 19.4 Å². The number of aromatic nitrogens is 2. The smallest absolute Gasteiger partial charge is 0.163 e. The van der Waals surface area contributed by atoms with Gasteiger partial charge in [-0.2, -0.15) is 0 Å². The number of ether oxygens (including phenoxy) is 1. The third-order valence-corrected chi connectivity index (χ3v) is 6.96. The number of morpholine rings is 1. The van der Waals surface area contributed by atoms with Crippen LogP contribution >= 0.6 is 11.6 Å². The Labute approximate surface area is 189 Å². The summed E-state index contributed by atoms with van der Waals surface area (Å²) < 4.78 is 5.46. The fourth-order valence-electron chi connectivity index (χ4n) is 4.59. The van der Waals surface area contributed by atoms with E-state index in [9.17, 15) is 0 Å². The van der Waals surface area contributed by atoms with Crippen LogP contribution in [0.3, 0.4) is 0 Å². The van der Waals surface area contributed by atoms with E-state index in [1.165, 1.54) is 5.69 Å². The molecule has 0 bridgehead atoms. The van der Waals surface area contributed by atoms with Gasteiger partial charge in [-0.25, -0.2) is 9.97 Å². The largest absolute Gasteiger partial charge is 0.379 e. The number of halogens is 1. The van der Waals surface area contributed by atoms with Gasteiger partial charge in [0.05, 0.1) is 13.2 Å². The van der Waals surface area contributed by atoms with Crippen molar-refractivity contribution >= 4 is 23.1 Å². The number of anilines is 2. The third-order valence-electron chi connectivity index (χ3n) is 6.65. The molecule has 0 saturated carbocycles. The van der Waals surface area contributed by atoms with Crippen molar-refractivity contribution in [2.45, 2.75) is 6.42 Å². The highest BCUT2D eigenvalue weighted by Gasteiger charge is 2.26. The molecule has 7 nitrogen and oxygen atoms in total. The molecule has 2 fully saturated rings. The molecule has 0 unspecified atom stereocenters. The van der Waals surface area contributed by atoms with Crippen LogP contribution < -0.4 is 9.80 Å². The molecule has 3 aliphatic heterocycles. The van der Waals surface area contributed by atoms with E-state index in [0.717, 1.165) is 95.5 Å². The van der Waals surface area contributed by atoms with Gasteiger partial charge in [0.1, 0.15) is 11.0 Å². The molecule has 0 radical (unpaired) electrons. The molecule has 1 aromatic heterocycles. The number of hydrogen-bond acceptors (Lipinski definition) is 7. The minimum atomic E-state index is 0.594. The molecule has 2 aromatic rings. The lowest BCUT2D eigenvalue weighted by Gasteiger charge is -2.34. The van der Waals surface area contributed by atoms with Crippen LogP contribution in [0, 0.1) is 0 Å². The number of benzene rings is 1.